The number of aryl methyl sites for hydroxylation is 2. The molecule has 0 aromatic carbocycles. The van der Waals surface area contributed by atoms with E-state index in [1.165, 1.54) is 13.4 Å². The van der Waals surface area contributed by atoms with Gasteiger partial charge in [-0.15, -0.1) is 0 Å². The summed E-state index contributed by atoms with van der Waals surface area (Å²) in [7, 11) is 1.49. The maximum Gasteiger partial charge on any atom is 0.156 e. The fraction of sp³-hybridized carbons (Fsp3) is 0.294. The molecular formula is C17H21N3O2. The Morgan fingerprint density at radius 3 is 2.77 bits per heavy atom. The summed E-state index contributed by atoms with van der Waals surface area (Å²) in [6.45, 7) is 6.00. The molecule has 0 fully saturated rings. The van der Waals surface area contributed by atoms with Crippen LogP contribution < -0.4 is 0 Å². The standard InChI is InChI=1S/C17H21N3O2/c1-11-5-8-15(18-9-11)17-19-13(3)16(20-17)12(2)6-7-14(21)10-22-4/h5-10,12,21H,1-4H3,(H,19,20)/b7-6-,14-10-. The number of rotatable bonds is 5. The van der Waals surface area contributed by atoms with Gasteiger partial charge < -0.3 is 14.8 Å². The zero-order chi connectivity index (χ0) is 16.1. The second-order valence-electron chi connectivity index (χ2n) is 5.24. The smallest absolute Gasteiger partial charge is 0.156 e. The van der Waals surface area contributed by atoms with Gasteiger partial charge in [0.05, 0.1) is 12.8 Å². The van der Waals surface area contributed by atoms with E-state index in [2.05, 4.69) is 15.0 Å². The van der Waals surface area contributed by atoms with E-state index in [1.807, 2.05) is 45.2 Å². The summed E-state index contributed by atoms with van der Waals surface area (Å²) < 4.78 is 4.74. The molecule has 1 unspecified atom stereocenters. The van der Waals surface area contributed by atoms with Crippen LogP contribution in [0.4, 0.5) is 0 Å². The van der Waals surface area contributed by atoms with Gasteiger partial charge in [-0.25, -0.2) is 4.98 Å². The number of aliphatic hydroxyl groups is 1. The molecule has 2 aromatic rings. The average Bonchev–Trinajstić information content (AvgIpc) is 2.88. The molecule has 0 bridgehead atoms. The van der Waals surface area contributed by atoms with E-state index in [0.717, 1.165) is 28.5 Å². The van der Waals surface area contributed by atoms with Crippen molar-refractivity contribution < 1.29 is 9.84 Å². The first kappa shape index (κ1) is 15.8. The zero-order valence-electron chi connectivity index (χ0n) is 13.3. The number of nitrogens with one attached hydrogen (secondary N) is 1. The number of aromatic amines is 1. The second-order valence-corrected chi connectivity index (χ2v) is 5.24. The molecule has 2 heterocycles. The van der Waals surface area contributed by atoms with Crippen LogP contribution in [0.3, 0.4) is 0 Å². The van der Waals surface area contributed by atoms with Crippen LogP contribution in [0, 0.1) is 13.8 Å². The van der Waals surface area contributed by atoms with Gasteiger partial charge in [0, 0.05) is 17.8 Å². The Kier molecular flexibility index (Phi) is 4.99. The average molecular weight is 299 g/mol. The fourth-order valence-corrected chi connectivity index (χ4v) is 2.14. The molecule has 0 aliphatic carbocycles. The van der Waals surface area contributed by atoms with Gasteiger partial charge in [0.25, 0.3) is 0 Å². The summed E-state index contributed by atoms with van der Waals surface area (Å²) in [6, 6.07) is 3.96. The molecule has 0 amide bonds. The van der Waals surface area contributed by atoms with Crippen LogP contribution in [-0.4, -0.2) is 27.2 Å². The Morgan fingerprint density at radius 2 is 2.14 bits per heavy atom. The molecule has 0 saturated carbocycles. The van der Waals surface area contributed by atoms with Crippen molar-refractivity contribution in [3.63, 3.8) is 0 Å². The third kappa shape index (κ3) is 3.75. The van der Waals surface area contributed by atoms with E-state index in [0.29, 0.717) is 0 Å². The lowest BCUT2D eigenvalue weighted by Gasteiger charge is -2.03. The summed E-state index contributed by atoms with van der Waals surface area (Å²) >= 11 is 0. The third-order valence-corrected chi connectivity index (χ3v) is 3.30. The molecule has 116 valence electrons. The Balaban J connectivity index is 2.22. The summed E-state index contributed by atoms with van der Waals surface area (Å²) in [5.41, 5.74) is 3.85. The van der Waals surface area contributed by atoms with E-state index in [4.69, 9.17) is 4.74 Å². The van der Waals surface area contributed by atoms with Crippen molar-refractivity contribution in [2.75, 3.05) is 7.11 Å². The van der Waals surface area contributed by atoms with Crippen molar-refractivity contribution in [2.24, 2.45) is 0 Å². The highest BCUT2D eigenvalue weighted by Gasteiger charge is 2.13. The predicted octanol–water partition coefficient (Wildman–Crippen LogP) is 3.79. The number of ether oxygens (including phenoxy) is 1. The Labute approximate surface area is 130 Å². The molecule has 0 saturated heterocycles. The van der Waals surface area contributed by atoms with Crippen LogP contribution in [0.25, 0.3) is 11.5 Å². The summed E-state index contributed by atoms with van der Waals surface area (Å²) in [6.07, 6.45) is 6.58. The van der Waals surface area contributed by atoms with Crippen LogP contribution in [0.15, 0.2) is 42.5 Å². The van der Waals surface area contributed by atoms with Gasteiger partial charge in [-0.3, -0.25) is 4.98 Å². The summed E-state index contributed by atoms with van der Waals surface area (Å²) in [5.74, 6) is 0.884. The molecule has 5 nitrogen and oxygen atoms in total. The van der Waals surface area contributed by atoms with Gasteiger partial charge in [0.15, 0.2) is 5.82 Å². The van der Waals surface area contributed by atoms with Gasteiger partial charge in [0.1, 0.15) is 17.7 Å². The molecule has 0 aliphatic rings. The number of aromatic nitrogens is 3. The quantitative estimate of drug-likeness (QED) is 0.651. The van der Waals surface area contributed by atoms with E-state index in [-0.39, 0.29) is 11.7 Å². The van der Waals surface area contributed by atoms with Crippen molar-refractivity contribution in [1.82, 2.24) is 15.0 Å². The van der Waals surface area contributed by atoms with Gasteiger partial charge in [-0.05, 0) is 31.6 Å². The largest absolute Gasteiger partial charge is 0.505 e. The molecule has 1 atom stereocenters. The number of pyridine rings is 1. The van der Waals surface area contributed by atoms with E-state index in [1.54, 1.807) is 6.08 Å². The topological polar surface area (TPSA) is 71.0 Å². The normalized spacial score (nSPS) is 13.5. The SMILES string of the molecule is CO/C=C(O)/C=C\C(C)c1nc(-c2ccc(C)cn2)[nH]c1C. The van der Waals surface area contributed by atoms with Crippen LogP contribution in [-0.2, 0) is 4.74 Å². The highest BCUT2D eigenvalue weighted by Crippen LogP contribution is 2.23. The lowest BCUT2D eigenvalue weighted by Crippen LogP contribution is -1.93. The first-order valence-electron chi connectivity index (χ1n) is 7.11. The number of imidazole rings is 1. The van der Waals surface area contributed by atoms with Gasteiger partial charge >= 0.3 is 0 Å². The van der Waals surface area contributed by atoms with Gasteiger partial charge in [-0.2, -0.15) is 0 Å². The fourth-order valence-electron chi connectivity index (χ4n) is 2.14. The van der Waals surface area contributed by atoms with Gasteiger partial charge in [-0.1, -0.05) is 19.1 Å². The van der Waals surface area contributed by atoms with Crippen LogP contribution in [0.5, 0.6) is 0 Å². The minimum atomic E-state index is 0.0582. The summed E-state index contributed by atoms with van der Waals surface area (Å²) in [4.78, 5) is 12.3. The highest BCUT2D eigenvalue weighted by atomic mass is 16.5. The number of aliphatic hydroxyl groups excluding tert-OH is 1. The number of methoxy groups -OCH3 is 1. The van der Waals surface area contributed by atoms with Crippen LogP contribution >= 0.6 is 0 Å². The van der Waals surface area contributed by atoms with Crippen molar-refractivity contribution in [3.8, 4) is 11.5 Å². The molecule has 2 aromatic heterocycles. The van der Waals surface area contributed by atoms with Crippen molar-refractivity contribution in [2.45, 2.75) is 26.7 Å². The number of allylic oxidation sites excluding steroid dienone is 2. The van der Waals surface area contributed by atoms with Crippen LogP contribution in [0.2, 0.25) is 0 Å². The molecule has 0 aliphatic heterocycles. The number of hydrogen-bond acceptors (Lipinski definition) is 4. The lowest BCUT2D eigenvalue weighted by molar-refractivity contribution is 0.304. The Bertz CT molecular complexity index is 684. The zero-order valence-corrected chi connectivity index (χ0v) is 13.3. The third-order valence-electron chi connectivity index (χ3n) is 3.30. The molecule has 5 heteroatoms. The van der Waals surface area contributed by atoms with Crippen LogP contribution in [0.1, 0.15) is 29.8 Å². The Hall–Kier alpha value is -2.56. The van der Waals surface area contributed by atoms with Crippen molar-refractivity contribution in [3.05, 3.63) is 59.5 Å². The number of nitrogens with zero attached hydrogens (tertiary/aromatic N) is 2. The second kappa shape index (κ2) is 6.93. The number of H-pyrrole nitrogens is 1. The predicted molar refractivity (Wildman–Crippen MR) is 86.6 cm³/mol. The first-order valence-corrected chi connectivity index (χ1v) is 7.11. The Morgan fingerprint density at radius 1 is 1.36 bits per heavy atom. The first-order chi connectivity index (χ1) is 10.5. The molecule has 2 rings (SSSR count). The van der Waals surface area contributed by atoms with E-state index >= 15 is 0 Å². The molecule has 2 N–H and O–H groups in total. The van der Waals surface area contributed by atoms with E-state index in [9.17, 15) is 5.11 Å². The summed E-state index contributed by atoms with van der Waals surface area (Å²) in [5, 5.41) is 9.53. The molecule has 0 spiro atoms. The minimum Gasteiger partial charge on any atom is -0.505 e. The number of hydrogen-bond donors (Lipinski definition) is 2. The maximum absolute atomic E-state index is 9.53. The highest BCUT2D eigenvalue weighted by molar-refractivity contribution is 5.51. The minimum absolute atomic E-state index is 0.0582. The molecular weight excluding hydrogens is 278 g/mol. The molecule has 22 heavy (non-hydrogen) atoms. The van der Waals surface area contributed by atoms with Crippen molar-refractivity contribution in [1.29, 1.82) is 0 Å². The monoisotopic (exact) mass is 299 g/mol. The van der Waals surface area contributed by atoms with Crippen molar-refractivity contribution >= 4 is 0 Å². The molecule has 0 radical (unpaired) electrons. The van der Waals surface area contributed by atoms with Gasteiger partial charge in [0.2, 0.25) is 0 Å². The maximum atomic E-state index is 9.53. The lowest BCUT2D eigenvalue weighted by atomic mass is 10.1. The van der Waals surface area contributed by atoms with E-state index < -0.39 is 0 Å².